The molecule has 0 saturated heterocycles. The summed E-state index contributed by atoms with van der Waals surface area (Å²) in [6.07, 6.45) is 0.0384. The fourth-order valence-corrected chi connectivity index (χ4v) is 1.87. The predicted octanol–water partition coefficient (Wildman–Crippen LogP) is 2.61. The number of hydrogen-bond donors (Lipinski definition) is 2. The molecule has 1 aromatic rings. The van der Waals surface area contributed by atoms with Gasteiger partial charge in [-0.15, -0.1) is 0 Å². The summed E-state index contributed by atoms with van der Waals surface area (Å²) in [6.45, 7) is 4.58. The SMILES string of the molecule is COC(C)C(C)(CN)Nc1cccc(Br)c1. The van der Waals surface area contributed by atoms with Gasteiger partial charge in [0.1, 0.15) is 0 Å². The smallest absolute Gasteiger partial charge is 0.0782 e. The highest BCUT2D eigenvalue weighted by Crippen LogP contribution is 2.22. The van der Waals surface area contributed by atoms with E-state index in [-0.39, 0.29) is 11.6 Å². The highest BCUT2D eigenvalue weighted by atomic mass is 79.9. The van der Waals surface area contributed by atoms with E-state index in [2.05, 4.69) is 28.2 Å². The Hall–Kier alpha value is -0.580. The van der Waals surface area contributed by atoms with Crippen molar-refractivity contribution in [1.29, 1.82) is 0 Å². The Kier molecular flexibility index (Phi) is 4.77. The van der Waals surface area contributed by atoms with Crippen molar-refractivity contribution in [2.75, 3.05) is 19.0 Å². The molecule has 0 aromatic heterocycles. The normalized spacial score (nSPS) is 16.6. The highest BCUT2D eigenvalue weighted by Gasteiger charge is 2.29. The molecule has 1 rings (SSSR count). The second-order valence-corrected chi connectivity index (χ2v) is 5.05. The molecule has 90 valence electrons. The second-order valence-electron chi connectivity index (χ2n) is 4.13. The fourth-order valence-electron chi connectivity index (χ4n) is 1.47. The number of rotatable bonds is 5. The van der Waals surface area contributed by atoms with Gasteiger partial charge in [-0.25, -0.2) is 0 Å². The first-order chi connectivity index (χ1) is 7.51. The van der Waals surface area contributed by atoms with Crippen molar-refractivity contribution in [2.24, 2.45) is 5.73 Å². The molecule has 3 N–H and O–H groups in total. The van der Waals surface area contributed by atoms with Crippen LogP contribution in [0.5, 0.6) is 0 Å². The number of nitrogens with two attached hydrogens (primary N) is 1. The Balaban J connectivity index is 2.84. The predicted molar refractivity (Wildman–Crippen MR) is 71.7 cm³/mol. The van der Waals surface area contributed by atoms with Gasteiger partial charge in [-0.05, 0) is 32.0 Å². The Morgan fingerprint density at radius 3 is 2.75 bits per heavy atom. The van der Waals surface area contributed by atoms with Gasteiger partial charge in [0.15, 0.2) is 0 Å². The van der Waals surface area contributed by atoms with Gasteiger partial charge in [0.05, 0.1) is 11.6 Å². The Morgan fingerprint density at radius 1 is 1.56 bits per heavy atom. The number of anilines is 1. The van der Waals surface area contributed by atoms with E-state index < -0.39 is 0 Å². The third-order valence-electron chi connectivity index (χ3n) is 2.93. The molecule has 0 amide bonds. The van der Waals surface area contributed by atoms with Gasteiger partial charge in [-0.2, -0.15) is 0 Å². The van der Waals surface area contributed by atoms with Crippen LogP contribution < -0.4 is 11.1 Å². The van der Waals surface area contributed by atoms with Gasteiger partial charge in [-0.3, -0.25) is 0 Å². The Labute approximate surface area is 105 Å². The molecule has 0 radical (unpaired) electrons. The maximum atomic E-state index is 5.82. The molecule has 0 aliphatic carbocycles. The zero-order valence-electron chi connectivity index (χ0n) is 9.96. The first-order valence-electron chi connectivity index (χ1n) is 5.28. The lowest BCUT2D eigenvalue weighted by Gasteiger charge is -2.35. The molecule has 0 fully saturated rings. The summed E-state index contributed by atoms with van der Waals surface area (Å²) in [7, 11) is 1.70. The van der Waals surface area contributed by atoms with E-state index in [0.717, 1.165) is 10.2 Å². The molecular formula is C12H19BrN2O. The lowest BCUT2D eigenvalue weighted by Crippen LogP contribution is -2.51. The molecule has 2 atom stereocenters. The van der Waals surface area contributed by atoms with Crippen LogP contribution in [0.2, 0.25) is 0 Å². The van der Waals surface area contributed by atoms with Crippen LogP contribution in [-0.4, -0.2) is 25.3 Å². The average molecular weight is 287 g/mol. The van der Waals surface area contributed by atoms with Crippen molar-refractivity contribution in [3.05, 3.63) is 28.7 Å². The molecule has 0 aliphatic rings. The van der Waals surface area contributed by atoms with E-state index in [1.165, 1.54) is 0 Å². The molecule has 0 aliphatic heterocycles. The maximum Gasteiger partial charge on any atom is 0.0782 e. The third-order valence-corrected chi connectivity index (χ3v) is 3.42. The van der Waals surface area contributed by atoms with Gasteiger partial charge in [0.25, 0.3) is 0 Å². The minimum Gasteiger partial charge on any atom is -0.379 e. The minimum absolute atomic E-state index is 0.0384. The van der Waals surface area contributed by atoms with Crippen LogP contribution in [0.1, 0.15) is 13.8 Å². The summed E-state index contributed by atoms with van der Waals surface area (Å²) in [4.78, 5) is 0. The summed E-state index contributed by atoms with van der Waals surface area (Å²) in [5.41, 5.74) is 6.58. The van der Waals surface area contributed by atoms with E-state index >= 15 is 0 Å². The molecular weight excluding hydrogens is 268 g/mol. The van der Waals surface area contributed by atoms with Crippen LogP contribution in [0.3, 0.4) is 0 Å². The Bertz CT molecular complexity index is 346. The van der Waals surface area contributed by atoms with Crippen LogP contribution in [0.15, 0.2) is 28.7 Å². The Morgan fingerprint density at radius 2 is 2.25 bits per heavy atom. The fraction of sp³-hybridized carbons (Fsp3) is 0.500. The van der Waals surface area contributed by atoms with E-state index in [9.17, 15) is 0 Å². The second kappa shape index (κ2) is 5.66. The number of nitrogens with one attached hydrogen (secondary N) is 1. The molecule has 16 heavy (non-hydrogen) atoms. The molecule has 3 nitrogen and oxygen atoms in total. The van der Waals surface area contributed by atoms with Crippen molar-refractivity contribution in [3.8, 4) is 0 Å². The standard InChI is InChI=1S/C12H19BrN2O/c1-9(16-3)12(2,8-14)15-11-6-4-5-10(13)7-11/h4-7,9,15H,8,14H2,1-3H3. The first kappa shape index (κ1) is 13.5. The minimum atomic E-state index is -0.268. The molecule has 1 aromatic carbocycles. The lowest BCUT2D eigenvalue weighted by atomic mass is 9.95. The first-order valence-corrected chi connectivity index (χ1v) is 6.08. The summed E-state index contributed by atoms with van der Waals surface area (Å²) < 4.78 is 6.40. The van der Waals surface area contributed by atoms with Gasteiger partial charge in [0.2, 0.25) is 0 Å². The molecule has 0 heterocycles. The molecule has 0 bridgehead atoms. The van der Waals surface area contributed by atoms with E-state index in [1.54, 1.807) is 7.11 Å². The number of ether oxygens (including phenoxy) is 1. The average Bonchev–Trinajstić information content (AvgIpc) is 2.27. The molecule has 4 heteroatoms. The van der Waals surface area contributed by atoms with Gasteiger partial charge in [-0.1, -0.05) is 22.0 Å². The molecule has 0 spiro atoms. The van der Waals surface area contributed by atoms with Crippen molar-refractivity contribution in [1.82, 2.24) is 0 Å². The van der Waals surface area contributed by atoms with Gasteiger partial charge < -0.3 is 15.8 Å². The number of methoxy groups -OCH3 is 1. The largest absolute Gasteiger partial charge is 0.379 e. The van der Waals surface area contributed by atoms with Crippen molar-refractivity contribution < 1.29 is 4.74 Å². The molecule has 2 unspecified atom stereocenters. The lowest BCUT2D eigenvalue weighted by molar-refractivity contribution is 0.0688. The third kappa shape index (κ3) is 3.20. The van der Waals surface area contributed by atoms with Crippen LogP contribution in [0, 0.1) is 0 Å². The molecule has 0 saturated carbocycles. The van der Waals surface area contributed by atoms with E-state index in [0.29, 0.717) is 6.54 Å². The number of hydrogen-bond acceptors (Lipinski definition) is 3. The van der Waals surface area contributed by atoms with Crippen LogP contribution in [0.25, 0.3) is 0 Å². The van der Waals surface area contributed by atoms with E-state index in [1.807, 2.05) is 31.2 Å². The quantitative estimate of drug-likeness (QED) is 0.875. The maximum absolute atomic E-state index is 5.82. The number of benzene rings is 1. The summed E-state index contributed by atoms with van der Waals surface area (Å²) in [5, 5.41) is 3.42. The van der Waals surface area contributed by atoms with Gasteiger partial charge in [0, 0.05) is 23.8 Å². The van der Waals surface area contributed by atoms with Gasteiger partial charge >= 0.3 is 0 Å². The zero-order chi connectivity index (χ0) is 12.2. The van der Waals surface area contributed by atoms with Crippen LogP contribution in [0.4, 0.5) is 5.69 Å². The summed E-state index contributed by atoms with van der Waals surface area (Å²) in [6, 6.07) is 8.02. The van der Waals surface area contributed by atoms with E-state index in [4.69, 9.17) is 10.5 Å². The zero-order valence-corrected chi connectivity index (χ0v) is 11.5. The summed E-state index contributed by atoms with van der Waals surface area (Å²) in [5.74, 6) is 0. The van der Waals surface area contributed by atoms with Crippen molar-refractivity contribution >= 4 is 21.6 Å². The van der Waals surface area contributed by atoms with Crippen molar-refractivity contribution in [3.63, 3.8) is 0 Å². The summed E-state index contributed by atoms with van der Waals surface area (Å²) >= 11 is 3.44. The van der Waals surface area contributed by atoms with Crippen LogP contribution in [-0.2, 0) is 4.74 Å². The number of halogens is 1. The topological polar surface area (TPSA) is 47.3 Å². The highest BCUT2D eigenvalue weighted by molar-refractivity contribution is 9.10. The van der Waals surface area contributed by atoms with Crippen LogP contribution >= 0.6 is 15.9 Å². The monoisotopic (exact) mass is 286 g/mol. The van der Waals surface area contributed by atoms with Crippen molar-refractivity contribution in [2.45, 2.75) is 25.5 Å².